The van der Waals surface area contributed by atoms with Gasteiger partial charge in [-0.1, -0.05) is 12.1 Å². The largest absolute Gasteiger partial charge is 0.481 e. The molecule has 3 aromatic rings. The van der Waals surface area contributed by atoms with Crippen molar-refractivity contribution in [3.05, 3.63) is 59.9 Å². The Kier molecular flexibility index (Phi) is 3.65. The minimum Gasteiger partial charge on any atom is -0.481 e. The number of rotatable bonds is 5. The number of aromatic amines is 1. The molecule has 0 fully saturated rings. The zero-order valence-corrected chi connectivity index (χ0v) is 11.4. The van der Waals surface area contributed by atoms with Gasteiger partial charge in [-0.3, -0.25) is 0 Å². The van der Waals surface area contributed by atoms with E-state index in [2.05, 4.69) is 39.6 Å². The Balaban J connectivity index is 1.66. The Morgan fingerprint density at radius 2 is 2.15 bits per heavy atom. The van der Waals surface area contributed by atoms with Crippen LogP contribution in [0.2, 0.25) is 0 Å². The topological polar surface area (TPSA) is 49.9 Å². The van der Waals surface area contributed by atoms with Crippen LogP contribution in [0.5, 0.6) is 5.88 Å². The molecule has 2 N–H and O–H groups in total. The first-order valence-corrected chi connectivity index (χ1v) is 6.61. The molecule has 0 atom stereocenters. The number of hydrogen-bond donors (Lipinski definition) is 2. The summed E-state index contributed by atoms with van der Waals surface area (Å²) in [4.78, 5) is 7.33. The fourth-order valence-electron chi connectivity index (χ4n) is 2.32. The van der Waals surface area contributed by atoms with Crippen LogP contribution in [0.4, 0.5) is 0 Å². The van der Waals surface area contributed by atoms with Crippen LogP contribution in [0, 0.1) is 0 Å². The van der Waals surface area contributed by atoms with E-state index in [4.69, 9.17) is 4.74 Å². The van der Waals surface area contributed by atoms with Gasteiger partial charge in [0.25, 0.3) is 0 Å². The molecular formula is C16H17N3O. The van der Waals surface area contributed by atoms with Gasteiger partial charge in [-0.15, -0.1) is 0 Å². The first kappa shape index (κ1) is 12.7. The summed E-state index contributed by atoms with van der Waals surface area (Å²) < 4.78 is 5.12. The van der Waals surface area contributed by atoms with Gasteiger partial charge >= 0.3 is 0 Å². The number of hydrogen-bond acceptors (Lipinski definition) is 3. The van der Waals surface area contributed by atoms with Crippen molar-refractivity contribution < 1.29 is 4.74 Å². The molecule has 0 radical (unpaired) electrons. The highest BCUT2D eigenvalue weighted by molar-refractivity contribution is 5.82. The zero-order valence-electron chi connectivity index (χ0n) is 11.4. The second-order valence-electron chi connectivity index (χ2n) is 4.67. The molecule has 1 aromatic carbocycles. The SMILES string of the molecule is COc1cc(CNCc2cccc3[nH]ccc23)ccn1. The highest BCUT2D eigenvalue weighted by atomic mass is 16.5. The molecule has 4 nitrogen and oxygen atoms in total. The number of fused-ring (bicyclic) bond motifs is 1. The molecule has 0 spiro atoms. The Morgan fingerprint density at radius 3 is 3.05 bits per heavy atom. The Hall–Kier alpha value is -2.33. The van der Waals surface area contributed by atoms with Crippen LogP contribution in [0.1, 0.15) is 11.1 Å². The number of nitrogens with zero attached hydrogens (tertiary/aromatic N) is 1. The van der Waals surface area contributed by atoms with Crippen molar-refractivity contribution in [3.8, 4) is 5.88 Å². The maximum Gasteiger partial charge on any atom is 0.213 e. The quantitative estimate of drug-likeness (QED) is 0.747. The van der Waals surface area contributed by atoms with Gasteiger partial charge in [0.15, 0.2) is 0 Å². The van der Waals surface area contributed by atoms with Gasteiger partial charge in [-0.2, -0.15) is 0 Å². The Morgan fingerprint density at radius 1 is 1.20 bits per heavy atom. The lowest BCUT2D eigenvalue weighted by Gasteiger charge is -2.07. The molecule has 0 aliphatic rings. The number of ether oxygens (including phenoxy) is 1. The van der Waals surface area contributed by atoms with E-state index in [-0.39, 0.29) is 0 Å². The first-order valence-electron chi connectivity index (χ1n) is 6.61. The predicted octanol–water partition coefficient (Wildman–Crippen LogP) is 2.86. The lowest BCUT2D eigenvalue weighted by atomic mass is 10.1. The van der Waals surface area contributed by atoms with Gasteiger partial charge in [0.1, 0.15) is 0 Å². The second-order valence-corrected chi connectivity index (χ2v) is 4.67. The number of nitrogens with one attached hydrogen (secondary N) is 2. The molecule has 20 heavy (non-hydrogen) atoms. The monoisotopic (exact) mass is 267 g/mol. The Labute approximate surface area is 117 Å². The van der Waals surface area contributed by atoms with Crippen LogP contribution in [0.3, 0.4) is 0 Å². The van der Waals surface area contributed by atoms with E-state index in [1.165, 1.54) is 16.5 Å². The average molecular weight is 267 g/mol. The molecule has 0 aliphatic heterocycles. The smallest absolute Gasteiger partial charge is 0.213 e. The lowest BCUT2D eigenvalue weighted by Crippen LogP contribution is -2.13. The van der Waals surface area contributed by atoms with Crippen molar-refractivity contribution in [1.82, 2.24) is 15.3 Å². The minimum atomic E-state index is 0.650. The van der Waals surface area contributed by atoms with Crippen LogP contribution in [0.25, 0.3) is 10.9 Å². The standard InChI is InChI=1S/C16H17N3O/c1-20-16-9-12(5-7-19-16)10-17-11-13-3-2-4-15-14(13)6-8-18-15/h2-9,17-18H,10-11H2,1H3. The maximum absolute atomic E-state index is 5.12. The number of benzene rings is 1. The van der Waals surface area contributed by atoms with Gasteiger partial charge in [0, 0.05) is 42.5 Å². The summed E-state index contributed by atoms with van der Waals surface area (Å²) in [7, 11) is 1.63. The fourth-order valence-corrected chi connectivity index (χ4v) is 2.32. The summed E-state index contributed by atoms with van der Waals surface area (Å²) in [6, 6.07) is 12.4. The molecule has 3 rings (SSSR count). The zero-order chi connectivity index (χ0) is 13.8. The third-order valence-corrected chi connectivity index (χ3v) is 3.34. The van der Waals surface area contributed by atoms with Crippen molar-refractivity contribution in [2.45, 2.75) is 13.1 Å². The number of H-pyrrole nitrogens is 1. The van der Waals surface area contributed by atoms with Gasteiger partial charge in [-0.25, -0.2) is 4.98 Å². The van der Waals surface area contributed by atoms with Crippen LogP contribution in [0.15, 0.2) is 48.8 Å². The molecular weight excluding hydrogens is 250 g/mol. The van der Waals surface area contributed by atoms with E-state index in [1.807, 2.05) is 18.3 Å². The van der Waals surface area contributed by atoms with E-state index in [0.29, 0.717) is 5.88 Å². The van der Waals surface area contributed by atoms with E-state index >= 15 is 0 Å². The molecule has 0 amide bonds. The van der Waals surface area contributed by atoms with E-state index in [0.717, 1.165) is 18.7 Å². The maximum atomic E-state index is 5.12. The lowest BCUT2D eigenvalue weighted by molar-refractivity contribution is 0.397. The molecule has 2 heterocycles. The van der Waals surface area contributed by atoms with Crippen molar-refractivity contribution in [1.29, 1.82) is 0 Å². The molecule has 102 valence electrons. The Bertz CT molecular complexity index is 706. The third kappa shape index (κ3) is 2.65. The first-order chi connectivity index (χ1) is 9.86. The summed E-state index contributed by atoms with van der Waals surface area (Å²) in [6.45, 7) is 1.62. The second kappa shape index (κ2) is 5.75. The third-order valence-electron chi connectivity index (χ3n) is 3.34. The summed E-state index contributed by atoms with van der Waals surface area (Å²) in [6.07, 6.45) is 3.74. The van der Waals surface area contributed by atoms with E-state index in [1.54, 1.807) is 13.3 Å². The number of pyridine rings is 1. The number of aromatic nitrogens is 2. The minimum absolute atomic E-state index is 0.650. The van der Waals surface area contributed by atoms with Gasteiger partial charge in [-0.05, 0) is 29.3 Å². The van der Waals surface area contributed by atoms with Crippen LogP contribution < -0.4 is 10.1 Å². The highest BCUT2D eigenvalue weighted by Crippen LogP contribution is 2.17. The summed E-state index contributed by atoms with van der Waals surface area (Å²) in [5.74, 6) is 0.650. The summed E-state index contributed by atoms with van der Waals surface area (Å²) in [5, 5.41) is 4.72. The normalized spacial score (nSPS) is 10.8. The van der Waals surface area contributed by atoms with Crippen LogP contribution in [-0.4, -0.2) is 17.1 Å². The molecule has 4 heteroatoms. The molecule has 0 bridgehead atoms. The molecule has 0 unspecified atom stereocenters. The molecule has 0 saturated carbocycles. The van der Waals surface area contributed by atoms with Crippen molar-refractivity contribution >= 4 is 10.9 Å². The van der Waals surface area contributed by atoms with Crippen molar-refractivity contribution in [2.75, 3.05) is 7.11 Å². The molecule has 2 aromatic heterocycles. The molecule has 0 saturated heterocycles. The van der Waals surface area contributed by atoms with Crippen molar-refractivity contribution in [2.24, 2.45) is 0 Å². The van der Waals surface area contributed by atoms with Gasteiger partial charge in [0.2, 0.25) is 5.88 Å². The van der Waals surface area contributed by atoms with Crippen LogP contribution >= 0.6 is 0 Å². The number of methoxy groups -OCH3 is 1. The predicted molar refractivity (Wildman–Crippen MR) is 79.6 cm³/mol. The van der Waals surface area contributed by atoms with Gasteiger partial charge in [0.05, 0.1) is 7.11 Å². The fraction of sp³-hybridized carbons (Fsp3) is 0.188. The summed E-state index contributed by atoms with van der Waals surface area (Å²) >= 11 is 0. The van der Waals surface area contributed by atoms with Crippen molar-refractivity contribution in [3.63, 3.8) is 0 Å². The van der Waals surface area contributed by atoms with Gasteiger partial charge < -0.3 is 15.0 Å². The average Bonchev–Trinajstić information content (AvgIpc) is 2.97. The molecule has 0 aliphatic carbocycles. The summed E-state index contributed by atoms with van der Waals surface area (Å²) in [5.41, 5.74) is 3.64. The van der Waals surface area contributed by atoms with Crippen LogP contribution in [-0.2, 0) is 13.1 Å². The van der Waals surface area contributed by atoms with E-state index in [9.17, 15) is 0 Å². The van der Waals surface area contributed by atoms with E-state index < -0.39 is 0 Å². The highest BCUT2D eigenvalue weighted by Gasteiger charge is 2.02.